The number of alkyl halides is 3. The van der Waals surface area contributed by atoms with E-state index in [1.165, 1.54) is 17.5 Å². The van der Waals surface area contributed by atoms with Crippen LogP contribution < -0.4 is 4.74 Å². The minimum atomic E-state index is -4.79. The van der Waals surface area contributed by atoms with Crippen molar-refractivity contribution in [1.82, 2.24) is 9.59 Å². The Kier molecular flexibility index (Phi) is 3.28. The number of nitrogens with zero attached hydrogens (tertiary/aromatic N) is 2. The first-order chi connectivity index (χ1) is 8.46. The van der Waals surface area contributed by atoms with Gasteiger partial charge in [0.15, 0.2) is 0 Å². The highest BCUT2D eigenvalue weighted by Gasteiger charge is 2.31. The molecule has 0 aliphatic heterocycles. The Morgan fingerprint density at radius 1 is 1.33 bits per heavy atom. The Bertz CT molecular complexity index is 555. The van der Waals surface area contributed by atoms with E-state index in [0.717, 1.165) is 23.7 Å². The molecule has 0 fully saturated rings. The van der Waals surface area contributed by atoms with Crippen LogP contribution in [0.4, 0.5) is 13.2 Å². The van der Waals surface area contributed by atoms with Crippen molar-refractivity contribution in [2.75, 3.05) is 0 Å². The molecular formula is C10H5F3N2O2S. The van der Waals surface area contributed by atoms with Crippen molar-refractivity contribution < 1.29 is 22.7 Å². The van der Waals surface area contributed by atoms with Crippen molar-refractivity contribution in [3.8, 4) is 5.75 Å². The fourth-order valence-electron chi connectivity index (χ4n) is 1.25. The molecule has 0 spiro atoms. The number of carbonyl (C=O) groups is 1. The van der Waals surface area contributed by atoms with E-state index in [0.29, 0.717) is 0 Å². The van der Waals surface area contributed by atoms with E-state index in [1.54, 1.807) is 0 Å². The molecule has 0 saturated heterocycles. The van der Waals surface area contributed by atoms with Gasteiger partial charge in [0.1, 0.15) is 11.4 Å². The maximum absolute atomic E-state index is 12.0. The molecule has 0 unspecified atom stereocenters. The second kappa shape index (κ2) is 4.73. The van der Waals surface area contributed by atoms with Crippen LogP contribution in [0.1, 0.15) is 16.1 Å². The van der Waals surface area contributed by atoms with Gasteiger partial charge in [-0.25, -0.2) is 0 Å². The SMILES string of the molecule is O=C(c1cccc(OC(F)(F)F)c1)c1csnn1. The van der Waals surface area contributed by atoms with E-state index in [1.807, 2.05) is 0 Å². The zero-order valence-electron chi connectivity index (χ0n) is 8.64. The van der Waals surface area contributed by atoms with Gasteiger partial charge in [-0.1, -0.05) is 16.6 Å². The van der Waals surface area contributed by atoms with Gasteiger partial charge in [0.05, 0.1) is 0 Å². The summed E-state index contributed by atoms with van der Waals surface area (Å²) in [7, 11) is 0. The normalized spacial score (nSPS) is 11.3. The molecule has 18 heavy (non-hydrogen) atoms. The summed E-state index contributed by atoms with van der Waals surface area (Å²) >= 11 is 0.984. The Balaban J connectivity index is 2.25. The van der Waals surface area contributed by atoms with Gasteiger partial charge in [-0.2, -0.15) is 0 Å². The minimum absolute atomic E-state index is 0.0597. The van der Waals surface area contributed by atoms with E-state index >= 15 is 0 Å². The fraction of sp³-hybridized carbons (Fsp3) is 0.100. The smallest absolute Gasteiger partial charge is 0.406 e. The zero-order chi connectivity index (χ0) is 13.2. The summed E-state index contributed by atoms with van der Waals surface area (Å²) in [5.74, 6) is -0.951. The van der Waals surface area contributed by atoms with Gasteiger partial charge in [-0.3, -0.25) is 4.79 Å². The largest absolute Gasteiger partial charge is 0.573 e. The van der Waals surface area contributed by atoms with Gasteiger partial charge < -0.3 is 4.74 Å². The molecule has 2 aromatic rings. The quantitative estimate of drug-likeness (QED) is 0.807. The minimum Gasteiger partial charge on any atom is -0.406 e. The summed E-state index contributed by atoms with van der Waals surface area (Å²) in [6, 6.07) is 4.80. The number of ether oxygens (including phenoxy) is 1. The standard InChI is InChI=1S/C10H5F3N2O2S/c11-10(12,13)17-7-3-1-2-6(4-7)9(16)8-5-18-15-14-8/h1-5H. The second-order valence-corrected chi connectivity index (χ2v) is 3.80. The summed E-state index contributed by atoms with van der Waals surface area (Å²) < 4.78 is 43.3. The fourth-order valence-corrected chi connectivity index (χ4v) is 1.68. The summed E-state index contributed by atoms with van der Waals surface area (Å²) in [5, 5.41) is 4.97. The second-order valence-electron chi connectivity index (χ2n) is 3.19. The van der Waals surface area contributed by atoms with Crippen LogP contribution in [0.3, 0.4) is 0 Å². The third-order valence-corrected chi connectivity index (χ3v) is 2.43. The molecule has 1 aromatic carbocycles. The number of halogens is 3. The summed E-state index contributed by atoms with van der Waals surface area (Å²) in [4.78, 5) is 11.8. The molecule has 0 amide bonds. The molecule has 0 aliphatic carbocycles. The number of aromatic nitrogens is 2. The predicted molar refractivity (Wildman–Crippen MR) is 56.5 cm³/mol. The van der Waals surface area contributed by atoms with Crippen molar-refractivity contribution in [3.05, 3.63) is 40.9 Å². The molecule has 0 atom stereocenters. The molecule has 8 heteroatoms. The number of ketones is 1. The lowest BCUT2D eigenvalue weighted by Gasteiger charge is -2.09. The number of hydrogen-bond donors (Lipinski definition) is 0. The highest BCUT2D eigenvalue weighted by Crippen LogP contribution is 2.24. The number of hydrogen-bond acceptors (Lipinski definition) is 5. The van der Waals surface area contributed by atoms with E-state index in [-0.39, 0.29) is 11.3 Å². The highest BCUT2D eigenvalue weighted by atomic mass is 32.1. The molecule has 1 heterocycles. The molecule has 0 radical (unpaired) electrons. The van der Waals surface area contributed by atoms with Gasteiger partial charge in [0, 0.05) is 10.9 Å². The number of benzene rings is 1. The van der Waals surface area contributed by atoms with E-state index in [4.69, 9.17) is 0 Å². The van der Waals surface area contributed by atoms with Crippen molar-refractivity contribution >= 4 is 17.3 Å². The maximum Gasteiger partial charge on any atom is 0.573 e. The van der Waals surface area contributed by atoms with Gasteiger partial charge >= 0.3 is 6.36 Å². The first-order valence-corrected chi connectivity index (χ1v) is 5.47. The van der Waals surface area contributed by atoms with E-state index in [9.17, 15) is 18.0 Å². The Morgan fingerprint density at radius 2 is 2.11 bits per heavy atom. The molecule has 94 valence electrons. The molecule has 1 aromatic heterocycles. The Morgan fingerprint density at radius 3 is 2.72 bits per heavy atom. The Labute approximate surface area is 103 Å². The molecule has 0 saturated carbocycles. The van der Waals surface area contributed by atoms with Crippen molar-refractivity contribution in [2.45, 2.75) is 6.36 Å². The first-order valence-electron chi connectivity index (χ1n) is 4.63. The van der Waals surface area contributed by atoms with Crippen LogP contribution in [0.2, 0.25) is 0 Å². The van der Waals surface area contributed by atoms with Crippen LogP contribution in [0.5, 0.6) is 5.75 Å². The lowest BCUT2D eigenvalue weighted by molar-refractivity contribution is -0.274. The van der Waals surface area contributed by atoms with Gasteiger partial charge in [-0.15, -0.1) is 18.3 Å². The van der Waals surface area contributed by atoms with Gasteiger partial charge in [0.25, 0.3) is 0 Å². The van der Waals surface area contributed by atoms with Crippen molar-refractivity contribution in [2.24, 2.45) is 0 Å². The average Bonchev–Trinajstić information content (AvgIpc) is 2.79. The molecule has 0 bridgehead atoms. The topological polar surface area (TPSA) is 52.1 Å². The Hall–Kier alpha value is -1.96. The predicted octanol–water partition coefficient (Wildman–Crippen LogP) is 2.67. The van der Waals surface area contributed by atoms with Crippen LogP contribution in [-0.2, 0) is 0 Å². The molecule has 0 N–H and O–H groups in total. The lowest BCUT2D eigenvalue weighted by Crippen LogP contribution is -2.17. The van der Waals surface area contributed by atoms with E-state index in [2.05, 4.69) is 14.3 Å². The van der Waals surface area contributed by atoms with Crippen molar-refractivity contribution in [1.29, 1.82) is 0 Å². The third kappa shape index (κ3) is 3.04. The maximum atomic E-state index is 12.0. The van der Waals surface area contributed by atoms with Gasteiger partial charge in [0.2, 0.25) is 5.78 Å². The lowest BCUT2D eigenvalue weighted by atomic mass is 10.1. The zero-order valence-corrected chi connectivity index (χ0v) is 9.46. The van der Waals surface area contributed by atoms with Crippen molar-refractivity contribution in [3.63, 3.8) is 0 Å². The number of carbonyl (C=O) groups excluding carboxylic acids is 1. The van der Waals surface area contributed by atoms with Crippen LogP contribution in [0.25, 0.3) is 0 Å². The highest BCUT2D eigenvalue weighted by molar-refractivity contribution is 7.03. The summed E-state index contributed by atoms with van der Waals surface area (Å²) in [6.45, 7) is 0. The van der Waals surface area contributed by atoms with E-state index < -0.39 is 17.9 Å². The van der Waals surface area contributed by atoms with Crippen LogP contribution >= 0.6 is 11.5 Å². The third-order valence-electron chi connectivity index (χ3n) is 1.92. The van der Waals surface area contributed by atoms with Crippen LogP contribution in [-0.4, -0.2) is 21.7 Å². The van der Waals surface area contributed by atoms with Crippen LogP contribution in [0.15, 0.2) is 29.6 Å². The molecule has 4 nitrogen and oxygen atoms in total. The van der Waals surface area contributed by atoms with Crippen LogP contribution in [0, 0.1) is 0 Å². The van der Waals surface area contributed by atoms with Gasteiger partial charge in [-0.05, 0) is 23.7 Å². The average molecular weight is 274 g/mol. The number of rotatable bonds is 3. The summed E-state index contributed by atoms with van der Waals surface area (Å²) in [5.41, 5.74) is 0.147. The first kappa shape index (κ1) is 12.5. The molecular weight excluding hydrogens is 269 g/mol. The molecule has 0 aliphatic rings. The molecule has 2 rings (SSSR count). The monoisotopic (exact) mass is 274 g/mol. The summed E-state index contributed by atoms with van der Waals surface area (Å²) in [6.07, 6.45) is -4.79.